The summed E-state index contributed by atoms with van der Waals surface area (Å²) in [5.74, 6) is 0. The molecule has 0 radical (unpaired) electrons. The van der Waals surface area contributed by atoms with Crippen LogP contribution in [0.25, 0.3) is 33.4 Å². The highest BCUT2D eigenvalue weighted by molar-refractivity contribution is 7.89. The van der Waals surface area contributed by atoms with Crippen molar-refractivity contribution in [1.82, 2.24) is 13.5 Å². The maximum atomic E-state index is 12.7. The van der Waals surface area contributed by atoms with E-state index in [0.717, 1.165) is 22.2 Å². The lowest BCUT2D eigenvalue weighted by atomic mass is 10.0. The highest BCUT2D eigenvalue weighted by Crippen LogP contribution is 2.33. The van der Waals surface area contributed by atoms with Crippen LogP contribution in [0.5, 0.6) is 6.01 Å². The predicted molar refractivity (Wildman–Crippen MR) is 141 cm³/mol. The number of fused-ring (bicyclic) bond motifs is 1. The van der Waals surface area contributed by atoms with Crippen LogP contribution in [0, 0.1) is 0 Å². The lowest BCUT2D eigenvalue weighted by molar-refractivity contribution is 0.410. The van der Waals surface area contributed by atoms with Crippen LogP contribution in [0.2, 0.25) is 10.0 Å². The van der Waals surface area contributed by atoms with Crippen molar-refractivity contribution < 1.29 is 13.5 Å². The van der Waals surface area contributed by atoms with E-state index in [1.165, 1.54) is 10.2 Å². The van der Waals surface area contributed by atoms with Gasteiger partial charge < -0.3 is 9.67 Å². The first-order chi connectivity index (χ1) is 16.6. The predicted octanol–water partition coefficient (Wildman–Crippen LogP) is 6.12. The van der Waals surface area contributed by atoms with Gasteiger partial charge in [0.2, 0.25) is 10.0 Å². The van der Waals surface area contributed by atoms with Crippen LogP contribution in [0.3, 0.4) is 0 Å². The van der Waals surface area contributed by atoms with Crippen LogP contribution in [0.1, 0.15) is 11.3 Å². The first-order valence-electron chi connectivity index (χ1n) is 10.7. The molecule has 0 atom stereocenters. The summed E-state index contributed by atoms with van der Waals surface area (Å²) < 4.78 is 28.4. The van der Waals surface area contributed by atoms with Crippen LogP contribution in [-0.2, 0) is 23.5 Å². The van der Waals surface area contributed by atoms with Gasteiger partial charge in [0.25, 0.3) is 6.01 Å². The van der Waals surface area contributed by atoms with Crippen LogP contribution in [0.15, 0.2) is 72.8 Å². The minimum absolute atomic E-state index is 0.0856. The van der Waals surface area contributed by atoms with Crippen molar-refractivity contribution in [2.45, 2.75) is 6.42 Å². The molecule has 0 spiro atoms. The lowest BCUT2D eigenvalue weighted by Gasteiger charge is -2.10. The minimum atomic E-state index is -3.58. The van der Waals surface area contributed by atoms with Crippen LogP contribution in [-0.4, -0.2) is 33.3 Å². The normalized spacial score (nSPS) is 11.9. The Morgan fingerprint density at radius 2 is 1.66 bits per heavy atom. The molecule has 0 bridgehead atoms. The lowest BCUT2D eigenvalue weighted by Crippen LogP contribution is -2.11. The summed E-state index contributed by atoms with van der Waals surface area (Å²) in [5, 5.41) is 12.2. The van der Waals surface area contributed by atoms with Gasteiger partial charge in [0.05, 0.1) is 28.9 Å². The summed E-state index contributed by atoms with van der Waals surface area (Å²) in [6, 6.07) is 21.8. The van der Waals surface area contributed by atoms with Crippen molar-refractivity contribution in [3.8, 4) is 28.5 Å². The van der Waals surface area contributed by atoms with Crippen LogP contribution < -0.4 is 0 Å². The van der Waals surface area contributed by atoms with E-state index in [0.29, 0.717) is 38.9 Å². The summed E-state index contributed by atoms with van der Waals surface area (Å²) in [6.07, 6.45) is 1.67. The molecule has 5 aromatic rings. The highest BCUT2D eigenvalue weighted by Gasteiger charge is 2.20. The van der Waals surface area contributed by atoms with Crippen LogP contribution >= 0.6 is 23.2 Å². The van der Waals surface area contributed by atoms with Gasteiger partial charge in [0, 0.05) is 40.0 Å². The third-order valence-corrected chi connectivity index (χ3v) is 7.50. The number of aromatic nitrogens is 3. The summed E-state index contributed by atoms with van der Waals surface area (Å²) in [6.45, 7) is 0. The molecule has 178 valence electrons. The molecule has 0 saturated heterocycles. The quantitative estimate of drug-likeness (QED) is 0.299. The molecule has 0 aliphatic rings. The Hall–Kier alpha value is -3.26. The van der Waals surface area contributed by atoms with E-state index >= 15 is 0 Å². The molecule has 0 amide bonds. The molecule has 0 saturated carbocycles. The Kier molecular flexibility index (Phi) is 5.87. The van der Waals surface area contributed by atoms with Crippen molar-refractivity contribution >= 4 is 44.1 Å². The van der Waals surface area contributed by atoms with Crippen molar-refractivity contribution in [3.63, 3.8) is 0 Å². The van der Waals surface area contributed by atoms with Gasteiger partial charge in [-0.1, -0.05) is 53.5 Å². The zero-order valence-corrected chi connectivity index (χ0v) is 21.2. The van der Waals surface area contributed by atoms with Gasteiger partial charge in [0.1, 0.15) is 0 Å². The van der Waals surface area contributed by atoms with E-state index in [1.807, 2.05) is 36.4 Å². The van der Waals surface area contributed by atoms with Crippen molar-refractivity contribution in [2.75, 3.05) is 6.26 Å². The zero-order chi connectivity index (χ0) is 24.9. The maximum Gasteiger partial charge on any atom is 0.294 e. The van der Waals surface area contributed by atoms with Gasteiger partial charge >= 0.3 is 0 Å². The molecule has 35 heavy (non-hydrogen) atoms. The molecule has 6 nitrogen and oxygen atoms in total. The fourth-order valence-corrected chi connectivity index (χ4v) is 5.66. The van der Waals surface area contributed by atoms with Crippen molar-refractivity contribution in [2.24, 2.45) is 7.05 Å². The third-order valence-electron chi connectivity index (χ3n) is 5.95. The molecule has 5 rings (SSSR count). The SMILES string of the molecule is Cn1c(O)nc(-c2ccc(Cl)cc2)c1Cc1ccc2c(c1)cc(-c1cccc(Cl)c1)n2S(C)(=O)=O. The van der Waals surface area contributed by atoms with E-state index in [1.54, 1.807) is 48.0 Å². The second kappa shape index (κ2) is 8.75. The number of halogens is 2. The van der Waals surface area contributed by atoms with Gasteiger partial charge in [-0.15, -0.1) is 0 Å². The second-order valence-corrected chi connectivity index (χ2v) is 11.1. The number of imidazole rings is 1. The van der Waals surface area contributed by atoms with E-state index < -0.39 is 10.0 Å². The molecular formula is C26H21Cl2N3O3S. The molecule has 0 fully saturated rings. The fraction of sp³-hybridized carbons (Fsp3) is 0.115. The Labute approximate surface area is 213 Å². The molecule has 0 unspecified atom stereocenters. The standard InChI is InChI=1S/C26H21Cl2N3O3S/c1-30-24(25(29-26(30)32)17-7-9-20(27)10-8-17)13-16-6-11-22-19(12-16)15-23(31(22)35(2,33)34)18-4-3-5-21(28)14-18/h3-12,14-15H,13H2,1-2H3,(H,29,32). The van der Waals surface area contributed by atoms with Crippen molar-refractivity contribution in [1.29, 1.82) is 0 Å². The van der Waals surface area contributed by atoms with E-state index in [9.17, 15) is 13.5 Å². The number of aromatic hydroxyl groups is 1. The number of hydrogen-bond acceptors (Lipinski definition) is 4. The zero-order valence-electron chi connectivity index (χ0n) is 18.9. The topological polar surface area (TPSA) is 77.1 Å². The molecule has 2 aromatic heterocycles. The Morgan fingerprint density at radius 3 is 2.34 bits per heavy atom. The van der Waals surface area contributed by atoms with Gasteiger partial charge in [-0.3, -0.25) is 0 Å². The molecular weight excluding hydrogens is 505 g/mol. The summed E-state index contributed by atoms with van der Waals surface area (Å²) >= 11 is 12.2. The first-order valence-corrected chi connectivity index (χ1v) is 13.3. The largest absolute Gasteiger partial charge is 0.480 e. The fourth-order valence-electron chi connectivity index (χ4n) is 4.31. The Balaban J connectivity index is 1.62. The minimum Gasteiger partial charge on any atom is -0.480 e. The van der Waals surface area contributed by atoms with Gasteiger partial charge in [-0.25, -0.2) is 12.4 Å². The summed E-state index contributed by atoms with van der Waals surface area (Å²) in [5.41, 5.74) is 5.10. The molecule has 0 aliphatic carbocycles. The molecule has 1 N–H and O–H groups in total. The van der Waals surface area contributed by atoms with E-state index in [4.69, 9.17) is 23.2 Å². The number of hydrogen-bond donors (Lipinski definition) is 1. The van der Waals surface area contributed by atoms with Gasteiger partial charge in [-0.05, 0) is 48.0 Å². The Bertz CT molecular complexity index is 1690. The first kappa shape index (κ1) is 23.5. The average Bonchev–Trinajstić information content (AvgIpc) is 3.33. The maximum absolute atomic E-state index is 12.7. The van der Waals surface area contributed by atoms with Crippen LogP contribution in [0.4, 0.5) is 0 Å². The average molecular weight is 526 g/mol. The number of benzene rings is 3. The number of rotatable bonds is 5. The smallest absolute Gasteiger partial charge is 0.294 e. The van der Waals surface area contributed by atoms with E-state index in [2.05, 4.69) is 4.98 Å². The summed E-state index contributed by atoms with van der Waals surface area (Å²) in [7, 11) is -1.83. The van der Waals surface area contributed by atoms with Gasteiger partial charge in [0.15, 0.2) is 0 Å². The second-order valence-electron chi connectivity index (χ2n) is 8.41. The Morgan fingerprint density at radius 1 is 0.914 bits per heavy atom. The monoisotopic (exact) mass is 525 g/mol. The molecule has 0 aliphatic heterocycles. The highest BCUT2D eigenvalue weighted by atomic mass is 35.5. The molecule has 9 heteroatoms. The third kappa shape index (κ3) is 4.43. The summed E-state index contributed by atoms with van der Waals surface area (Å²) in [4.78, 5) is 4.35. The molecule has 3 aromatic carbocycles. The molecule has 2 heterocycles. The van der Waals surface area contributed by atoms with Gasteiger partial charge in [-0.2, -0.15) is 4.98 Å². The van der Waals surface area contributed by atoms with E-state index in [-0.39, 0.29) is 6.01 Å². The number of nitrogens with zero attached hydrogens (tertiary/aromatic N) is 3. The van der Waals surface area contributed by atoms with Crippen molar-refractivity contribution in [3.05, 3.63) is 94.1 Å².